The molecule has 1 aromatic carbocycles. The van der Waals surface area contributed by atoms with Gasteiger partial charge in [0.15, 0.2) is 5.41 Å². The Kier molecular flexibility index (Phi) is 8.06. The first kappa shape index (κ1) is 25.9. The lowest BCUT2D eigenvalue weighted by Gasteiger charge is -2.40. The highest BCUT2D eigenvalue weighted by Gasteiger charge is 2.64. The summed E-state index contributed by atoms with van der Waals surface area (Å²) in [7, 11) is 0. The highest BCUT2D eigenvalue weighted by Crippen LogP contribution is 2.47. The summed E-state index contributed by atoms with van der Waals surface area (Å²) in [4.78, 5) is 33.4. The molecule has 4 rings (SSSR count). The fraction of sp³-hybridized carbons (Fsp3) is 0.692. The fourth-order valence-electron chi connectivity index (χ4n) is 5.72. The Morgan fingerprint density at radius 3 is 2.17 bits per heavy atom. The first-order valence-electron chi connectivity index (χ1n) is 12.8. The molecule has 1 unspecified atom stereocenters. The highest BCUT2D eigenvalue weighted by molar-refractivity contribution is 5.84. The van der Waals surface area contributed by atoms with Gasteiger partial charge in [0.05, 0.1) is 0 Å². The summed E-state index contributed by atoms with van der Waals surface area (Å²) in [5, 5.41) is 0. The lowest BCUT2D eigenvalue weighted by Crippen LogP contribution is -2.55. The zero-order chi connectivity index (χ0) is 25.1. The number of benzene rings is 1. The maximum atomic E-state index is 14.3. The molecule has 35 heavy (non-hydrogen) atoms. The van der Waals surface area contributed by atoms with Crippen molar-refractivity contribution in [1.82, 2.24) is 19.6 Å². The number of amides is 2. The molecule has 9 heteroatoms. The minimum atomic E-state index is -4.59. The molecule has 3 fully saturated rings. The molecule has 3 heterocycles. The molecule has 0 N–H and O–H groups in total. The van der Waals surface area contributed by atoms with Crippen molar-refractivity contribution in [3.05, 3.63) is 35.9 Å². The SMILES string of the molecule is CCN1CCN(C(=O)CC2CCN(C(=O)C3(C(F)(F)F)CCN(Cc4ccccc4)C3)CC2)CC1. The van der Waals surface area contributed by atoms with Gasteiger partial charge in [-0.05, 0) is 43.8 Å². The van der Waals surface area contributed by atoms with Gasteiger partial charge in [0.1, 0.15) is 0 Å². The molecule has 0 spiro atoms. The summed E-state index contributed by atoms with van der Waals surface area (Å²) in [5.41, 5.74) is -1.40. The van der Waals surface area contributed by atoms with Crippen LogP contribution in [0.25, 0.3) is 0 Å². The summed E-state index contributed by atoms with van der Waals surface area (Å²) in [6.07, 6.45) is -3.22. The quantitative estimate of drug-likeness (QED) is 0.609. The predicted octanol–water partition coefficient (Wildman–Crippen LogP) is 3.23. The van der Waals surface area contributed by atoms with Crippen LogP contribution < -0.4 is 0 Å². The Morgan fingerprint density at radius 1 is 0.914 bits per heavy atom. The number of alkyl halides is 3. The van der Waals surface area contributed by atoms with Gasteiger partial charge in [-0.3, -0.25) is 14.5 Å². The molecule has 3 aliphatic heterocycles. The van der Waals surface area contributed by atoms with E-state index >= 15 is 0 Å². The molecule has 0 radical (unpaired) electrons. The van der Waals surface area contributed by atoms with Crippen LogP contribution in [-0.2, 0) is 16.1 Å². The van der Waals surface area contributed by atoms with E-state index in [2.05, 4.69) is 11.8 Å². The van der Waals surface area contributed by atoms with Gasteiger partial charge >= 0.3 is 6.18 Å². The van der Waals surface area contributed by atoms with Gasteiger partial charge in [0.25, 0.3) is 0 Å². The van der Waals surface area contributed by atoms with E-state index in [1.54, 1.807) is 4.90 Å². The van der Waals surface area contributed by atoms with Crippen LogP contribution in [0.1, 0.15) is 38.2 Å². The van der Waals surface area contributed by atoms with Crippen LogP contribution in [-0.4, -0.2) is 96.5 Å². The second-order valence-corrected chi connectivity index (χ2v) is 10.3. The third-order valence-electron chi connectivity index (χ3n) is 8.09. The van der Waals surface area contributed by atoms with E-state index in [4.69, 9.17) is 0 Å². The molecule has 0 aromatic heterocycles. The topological polar surface area (TPSA) is 47.1 Å². The smallest absolute Gasteiger partial charge is 0.342 e. The van der Waals surface area contributed by atoms with Crippen molar-refractivity contribution in [2.45, 2.75) is 45.3 Å². The Hall–Kier alpha value is -2.13. The van der Waals surface area contributed by atoms with Crippen LogP contribution in [0.2, 0.25) is 0 Å². The van der Waals surface area contributed by atoms with Gasteiger partial charge in [0.2, 0.25) is 11.8 Å². The van der Waals surface area contributed by atoms with E-state index in [1.165, 1.54) is 4.90 Å². The lowest BCUT2D eigenvalue weighted by atomic mass is 9.83. The normalized spacial score (nSPS) is 25.3. The van der Waals surface area contributed by atoms with Crippen molar-refractivity contribution >= 4 is 11.8 Å². The number of halogens is 3. The fourth-order valence-corrected chi connectivity index (χ4v) is 5.72. The maximum Gasteiger partial charge on any atom is 0.404 e. The number of hydrogen-bond acceptors (Lipinski definition) is 4. The molecule has 1 atom stereocenters. The van der Waals surface area contributed by atoms with Gasteiger partial charge in [0, 0.05) is 58.8 Å². The molecular formula is C26H37F3N4O2. The summed E-state index contributed by atoms with van der Waals surface area (Å²) in [6, 6.07) is 9.40. The standard InChI is InChI=1S/C26H37F3N4O2/c1-2-30-14-16-32(17-15-30)23(34)18-21-8-11-33(12-9-21)24(35)25(26(27,28)29)10-13-31(20-25)19-22-6-4-3-5-7-22/h3-7,21H,2,8-20H2,1H3. The number of hydrogen-bond donors (Lipinski definition) is 0. The van der Waals surface area contributed by atoms with Crippen LogP contribution in [0.5, 0.6) is 0 Å². The van der Waals surface area contributed by atoms with Crippen LogP contribution in [0.3, 0.4) is 0 Å². The molecule has 2 amide bonds. The van der Waals surface area contributed by atoms with Gasteiger partial charge in [-0.2, -0.15) is 13.2 Å². The number of likely N-dealkylation sites (N-methyl/N-ethyl adjacent to an activating group) is 1. The molecular weight excluding hydrogens is 457 g/mol. The van der Waals surface area contributed by atoms with Crippen LogP contribution in [0, 0.1) is 11.3 Å². The van der Waals surface area contributed by atoms with Crippen LogP contribution >= 0.6 is 0 Å². The Balaban J connectivity index is 1.31. The van der Waals surface area contributed by atoms with E-state index in [0.29, 0.717) is 25.8 Å². The molecule has 0 saturated carbocycles. The number of carbonyl (C=O) groups excluding carboxylic acids is 2. The third kappa shape index (κ3) is 5.82. The second kappa shape index (κ2) is 10.9. The number of rotatable bonds is 6. The van der Waals surface area contributed by atoms with Crippen molar-refractivity contribution in [1.29, 1.82) is 0 Å². The van der Waals surface area contributed by atoms with E-state index in [0.717, 1.165) is 38.3 Å². The minimum absolute atomic E-state index is 0.121. The van der Waals surface area contributed by atoms with E-state index in [1.807, 2.05) is 35.2 Å². The first-order valence-corrected chi connectivity index (χ1v) is 12.8. The minimum Gasteiger partial charge on any atom is -0.342 e. The second-order valence-electron chi connectivity index (χ2n) is 10.3. The molecule has 3 saturated heterocycles. The highest BCUT2D eigenvalue weighted by atomic mass is 19.4. The number of piperidine rings is 1. The van der Waals surface area contributed by atoms with E-state index in [-0.39, 0.29) is 44.4 Å². The van der Waals surface area contributed by atoms with E-state index < -0.39 is 17.5 Å². The van der Waals surface area contributed by atoms with Gasteiger partial charge in [-0.25, -0.2) is 0 Å². The zero-order valence-electron chi connectivity index (χ0n) is 20.6. The van der Waals surface area contributed by atoms with Crippen molar-refractivity contribution < 1.29 is 22.8 Å². The monoisotopic (exact) mass is 494 g/mol. The summed E-state index contributed by atoms with van der Waals surface area (Å²) >= 11 is 0. The number of carbonyl (C=O) groups is 2. The van der Waals surface area contributed by atoms with Crippen LogP contribution in [0.15, 0.2) is 30.3 Å². The zero-order valence-corrected chi connectivity index (χ0v) is 20.6. The summed E-state index contributed by atoms with van der Waals surface area (Å²) < 4.78 is 42.9. The Labute approximate surface area is 206 Å². The average molecular weight is 495 g/mol. The number of likely N-dealkylation sites (tertiary alicyclic amines) is 2. The van der Waals surface area contributed by atoms with Crippen molar-refractivity contribution in [2.75, 3.05) is 58.9 Å². The molecule has 6 nitrogen and oxygen atoms in total. The Bertz CT molecular complexity index is 865. The van der Waals surface area contributed by atoms with Gasteiger partial charge in [-0.1, -0.05) is 37.3 Å². The van der Waals surface area contributed by atoms with Crippen LogP contribution in [0.4, 0.5) is 13.2 Å². The Morgan fingerprint density at radius 2 is 1.57 bits per heavy atom. The largest absolute Gasteiger partial charge is 0.404 e. The summed E-state index contributed by atoms with van der Waals surface area (Å²) in [5.74, 6) is -0.540. The molecule has 0 bridgehead atoms. The van der Waals surface area contributed by atoms with Crippen molar-refractivity contribution in [3.63, 3.8) is 0 Å². The molecule has 1 aromatic rings. The number of nitrogens with zero attached hydrogens (tertiary/aromatic N) is 4. The predicted molar refractivity (Wildman–Crippen MR) is 127 cm³/mol. The average Bonchev–Trinajstić information content (AvgIpc) is 3.30. The summed E-state index contributed by atoms with van der Waals surface area (Å²) in [6.45, 7) is 7.26. The molecule has 0 aliphatic carbocycles. The van der Waals surface area contributed by atoms with Gasteiger partial charge in [-0.15, -0.1) is 0 Å². The molecule has 3 aliphatic rings. The maximum absolute atomic E-state index is 14.3. The van der Waals surface area contributed by atoms with Crippen molar-refractivity contribution in [3.8, 4) is 0 Å². The lowest BCUT2D eigenvalue weighted by molar-refractivity contribution is -0.224. The van der Waals surface area contributed by atoms with Crippen molar-refractivity contribution in [2.24, 2.45) is 11.3 Å². The van der Waals surface area contributed by atoms with E-state index in [9.17, 15) is 22.8 Å². The molecule has 194 valence electrons. The first-order chi connectivity index (χ1) is 16.7. The third-order valence-corrected chi connectivity index (χ3v) is 8.09. The van der Waals surface area contributed by atoms with Gasteiger partial charge < -0.3 is 14.7 Å². The number of piperazine rings is 1.